The predicted octanol–water partition coefficient (Wildman–Crippen LogP) is 1.36. The zero-order valence-corrected chi connectivity index (χ0v) is 8.28. The van der Waals surface area contributed by atoms with Crippen LogP contribution in [0.25, 0.3) is 0 Å². The molecule has 1 heterocycles. The zero-order chi connectivity index (χ0) is 12.3. The molecule has 0 aliphatic heterocycles. The van der Waals surface area contributed by atoms with Crippen molar-refractivity contribution in [1.82, 2.24) is 4.98 Å². The van der Waals surface area contributed by atoms with Crippen molar-refractivity contribution >= 4 is 5.97 Å². The molecule has 2 N–H and O–H groups in total. The van der Waals surface area contributed by atoms with E-state index in [1.807, 2.05) is 0 Å². The van der Waals surface area contributed by atoms with E-state index in [0.29, 0.717) is 0 Å². The van der Waals surface area contributed by atoms with Crippen LogP contribution in [0.5, 0.6) is 11.6 Å². The second kappa shape index (κ2) is 4.73. The molecule has 0 atom stereocenters. The van der Waals surface area contributed by atoms with E-state index in [-0.39, 0.29) is 11.6 Å². The number of nitrogens with zero attached hydrogens (tertiary/aromatic N) is 1. The van der Waals surface area contributed by atoms with E-state index in [1.165, 1.54) is 0 Å². The summed E-state index contributed by atoms with van der Waals surface area (Å²) in [6.07, 6.45) is -3.42. The standard InChI is InChI=1S/C9H9F2NO4/c1-16-9-4(8(10)11)2-6(13)5(12-9)3-7(14)15/h2,8,13H,3H2,1H3,(H,14,15). The molecule has 0 saturated heterocycles. The van der Waals surface area contributed by atoms with Crippen LogP contribution >= 0.6 is 0 Å². The van der Waals surface area contributed by atoms with Crippen LogP contribution in [-0.4, -0.2) is 28.3 Å². The Hall–Kier alpha value is -1.92. The summed E-state index contributed by atoms with van der Waals surface area (Å²) in [6, 6.07) is 0.759. The molecule has 0 aromatic carbocycles. The Morgan fingerprint density at radius 2 is 2.25 bits per heavy atom. The van der Waals surface area contributed by atoms with E-state index < -0.39 is 30.1 Å². The summed E-state index contributed by atoms with van der Waals surface area (Å²) < 4.78 is 29.5. The zero-order valence-electron chi connectivity index (χ0n) is 8.28. The van der Waals surface area contributed by atoms with Crippen molar-refractivity contribution in [2.45, 2.75) is 12.8 Å². The lowest BCUT2D eigenvalue weighted by molar-refractivity contribution is -0.136. The molecular weight excluding hydrogens is 224 g/mol. The summed E-state index contributed by atoms with van der Waals surface area (Å²) in [5.74, 6) is -2.20. The van der Waals surface area contributed by atoms with Gasteiger partial charge < -0.3 is 14.9 Å². The smallest absolute Gasteiger partial charge is 0.309 e. The first-order chi connectivity index (χ1) is 7.45. The minimum atomic E-state index is -2.85. The lowest BCUT2D eigenvalue weighted by Gasteiger charge is -2.09. The Morgan fingerprint density at radius 3 is 2.69 bits per heavy atom. The number of methoxy groups -OCH3 is 1. The molecule has 0 spiro atoms. The summed E-state index contributed by atoms with van der Waals surface area (Å²) in [7, 11) is 1.13. The number of ether oxygens (including phenoxy) is 1. The van der Waals surface area contributed by atoms with Crippen LogP contribution in [0.3, 0.4) is 0 Å². The summed E-state index contributed by atoms with van der Waals surface area (Å²) in [4.78, 5) is 13.9. The highest BCUT2D eigenvalue weighted by Gasteiger charge is 2.20. The number of carboxylic acids is 1. The number of aromatic nitrogens is 1. The largest absolute Gasteiger partial charge is 0.506 e. The first kappa shape index (κ1) is 12.2. The van der Waals surface area contributed by atoms with Gasteiger partial charge in [-0.3, -0.25) is 4.79 Å². The normalized spacial score (nSPS) is 10.5. The average Bonchev–Trinajstić information content (AvgIpc) is 2.19. The fraction of sp³-hybridized carbons (Fsp3) is 0.333. The maximum atomic E-state index is 12.4. The van der Waals surface area contributed by atoms with Gasteiger partial charge in [-0.1, -0.05) is 0 Å². The molecule has 88 valence electrons. The van der Waals surface area contributed by atoms with E-state index in [2.05, 4.69) is 9.72 Å². The van der Waals surface area contributed by atoms with Gasteiger partial charge in [-0.2, -0.15) is 0 Å². The van der Waals surface area contributed by atoms with E-state index in [0.717, 1.165) is 13.2 Å². The van der Waals surface area contributed by atoms with Crippen LogP contribution in [0, 0.1) is 0 Å². The van der Waals surface area contributed by atoms with Crippen molar-refractivity contribution in [3.05, 3.63) is 17.3 Å². The van der Waals surface area contributed by atoms with Gasteiger partial charge in [-0.05, 0) is 6.07 Å². The van der Waals surface area contributed by atoms with Gasteiger partial charge in [0.15, 0.2) is 0 Å². The van der Waals surface area contributed by atoms with Gasteiger partial charge in [-0.15, -0.1) is 0 Å². The molecule has 1 aromatic rings. The third kappa shape index (κ3) is 2.56. The first-order valence-corrected chi connectivity index (χ1v) is 4.22. The SMILES string of the molecule is COc1nc(CC(=O)O)c(O)cc1C(F)F. The second-order valence-corrected chi connectivity index (χ2v) is 2.92. The topological polar surface area (TPSA) is 79.7 Å². The number of hydrogen-bond acceptors (Lipinski definition) is 4. The summed E-state index contributed by atoms with van der Waals surface area (Å²) >= 11 is 0. The quantitative estimate of drug-likeness (QED) is 0.820. The predicted molar refractivity (Wildman–Crippen MR) is 48.8 cm³/mol. The Bertz CT molecular complexity index is 409. The van der Waals surface area contributed by atoms with Crippen molar-refractivity contribution < 1.29 is 28.5 Å². The lowest BCUT2D eigenvalue weighted by atomic mass is 10.2. The Balaban J connectivity index is 3.20. The Labute approximate surface area is 89.3 Å². The third-order valence-corrected chi connectivity index (χ3v) is 1.82. The molecule has 5 nitrogen and oxygen atoms in total. The number of rotatable bonds is 4. The van der Waals surface area contributed by atoms with E-state index in [9.17, 15) is 18.7 Å². The number of halogens is 2. The molecule has 0 radical (unpaired) electrons. The van der Waals surface area contributed by atoms with Gasteiger partial charge in [0.2, 0.25) is 5.88 Å². The minimum Gasteiger partial charge on any atom is -0.506 e. The molecule has 16 heavy (non-hydrogen) atoms. The number of aliphatic carboxylic acids is 1. The number of alkyl halides is 2. The maximum absolute atomic E-state index is 12.4. The van der Waals surface area contributed by atoms with Crippen molar-refractivity contribution in [2.75, 3.05) is 7.11 Å². The molecule has 0 amide bonds. The van der Waals surface area contributed by atoms with Crippen LogP contribution in [0.15, 0.2) is 6.07 Å². The third-order valence-electron chi connectivity index (χ3n) is 1.82. The number of carboxylic acid groups (broad SMARTS) is 1. The Morgan fingerprint density at radius 1 is 1.62 bits per heavy atom. The molecular formula is C9H9F2NO4. The van der Waals surface area contributed by atoms with E-state index >= 15 is 0 Å². The average molecular weight is 233 g/mol. The molecule has 0 saturated carbocycles. The number of carbonyl (C=O) groups is 1. The van der Waals surface area contributed by atoms with Crippen molar-refractivity contribution in [2.24, 2.45) is 0 Å². The monoisotopic (exact) mass is 233 g/mol. The first-order valence-electron chi connectivity index (χ1n) is 4.22. The maximum Gasteiger partial charge on any atom is 0.309 e. The minimum absolute atomic E-state index is 0.214. The molecule has 0 aliphatic rings. The van der Waals surface area contributed by atoms with Gasteiger partial charge >= 0.3 is 5.97 Å². The van der Waals surface area contributed by atoms with Gasteiger partial charge in [0, 0.05) is 0 Å². The molecule has 1 rings (SSSR count). The second-order valence-electron chi connectivity index (χ2n) is 2.92. The van der Waals surface area contributed by atoms with Crippen LogP contribution < -0.4 is 4.74 Å². The molecule has 0 bridgehead atoms. The van der Waals surface area contributed by atoms with Crippen LogP contribution in [0.2, 0.25) is 0 Å². The van der Waals surface area contributed by atoms with E-state index in [1.54, 1.807) is 0 Å². The van der Waals surface area contributed by atoms with Crippen molar-refractivity contribution in [1.29, 1.82) is 0 Å². The Kier molecular flexibility index (Phi) is 3.60. The van der Waals surface area contributed by atoms with Gasteiger partial charge in [0.1, 0.15) is 5.75 Å². The van der Waals surface area contributed by atoms with E-state index in [4.69, 9.17) is 5.11 Å². The van der Waals surface area contributed by atoms with Crippen LogP contribution in [-0.2, 0) is 11.2 Å². The molecule has 0 fully saturated rings. The van der Waals surface area contributed by atoms with Gasteiger partial charge in [0.05, 0.1) is 24.8 Å². The highest BCUT2D eigenvalue weighted by Crippen LogP contribution is 2.31. The van der Waals surface area contributed by atoms with Gasteiger partial charge in [-0.25, -0.2) is 13.8 Å². The van der Waals surface area contributed by atoms with Crippen molar-refractivity contribution in [3.63, 3.8) is 0 Å². The molecule has 0 unspecified atom stereocenters. The fourth-order valence-corrected chi connectivity index (χ4v) is 1.13. The summed E-state index contributed by atoms with van der Waals surface area (Å²) in [6.45, 7) is 0. The molecule has 1 aromatic heterocycles. The molecule has 0 aliphatic carbocycles. The van der Waals surface area contributed by atoms with Crippen molar-refractivity contribution in [3.8, 4) is 11.6 Å². The highest BCUT2D eigenvalue weighted by molar-refractivity contribution is 5.70. The highest BCUT2D eigenvalue weighted by atomic mass is 19.3. The number of aromatic hydroxyl groups is 1. The summed E-state index contributed by atoms with van der Waals surface area (Å²) in [5, 5.41) is 17.8. The summed E-state index contributed by atoms with van der Waals surface area (Å²) in [5.41, 5.74) is -0.789. The van der Waals surface area contributed by atoms with Gasteiger partial charge in [0.25, 0.3) is 6.43 Å². The lowest BCUT2D eigenvalue weighted by Crippen LogP contribution is -2.05. The molecule has 7 heteroatoms. The fourth-order valence-electron chi connectivity index (χ4n) is 1.13. The number of pyridine rings is 1. The van der Waals surface area contributed by atoms with Crippen LogP contribution in [0.1, 0.15) is 17.7 Å². The van der Waals surface area contributed by atoms with Crippen LogP contribution in [0.4, 0.5) is 8.78 Å². The number of hydrogen-bond donors (Lipinski definition) is 2.